The monoisotopic (exact) mass is 616 g/mol. The van der Waals surface area contributed by atoms with Gasteiger partial charge in [-0.15, -0.1) is 0 Å². The lowest BCUT2D eigenvalue weighted by Crippen LogP contribution is -2.00. The lowest BCUT2D eigenvalue weighted by molar-refractivity contribution is 0.111. The molecule has 0 aliphatic heterocycles. The van der Waals surface area contributed by atoms with Crippen LogP contribution in [-0.4, -0.2) is 25.1 Å². The molecule has 0 atom stereocenters. The molecule has 0 saturated carbocycles. The zero-order chi connectivity index (χ0) is 32.3. The van der Waals surface area contributed by atoms with Crippen LogP contribution < -0.4 is 0 Å². The van der Waals surface area contributed by atoms with Crippen molar-refractivity contribution in [1.82, 2.24) is 0 Å². The maximum Gasteiger partial charge on any atom is 0.150 e. The summed E-state index contributed by atoms with van der Waals surface area (Å²) in [4.78, 5) is 48.7. The topological polar surface area (TPSA) is 68.3 Å². The number of hydrogen-bond acceptors (Lipinski definition) is 4. The Morgan fingerprint density at radius 1 is 0.391 bits per heavy atom. The van der Waals surface area contributed by atoms with Crippen LogP contribution >= 0.6 is 0 Å². The summed E-state index contributed by atoms with van der Waals surface area (Å²) in [6.45, 7) is 2.27. The SMILES string of the molecule is CCCCCCCCCCCCCCCCCCc1cc(C=O)c2c(C=O)ccc3c4ccc(C=O)c5c(C=O)ccc(c1c23)c54. The fourth-order valence-electron chi connectivity index (χ4n) is 7.64. The molecule has 0 radical (unpaired) electrons. The molecule has 0 fully saturated rings. The lowest BCUT2D eigenvalue weighted by atomic mass is 9.82. The first-order valence-electron chi connectivity index (χ1n) is 17.7. The van der Waals surface area contributed by atoms with Crippen LogP contribution in [0.1, 0.15) is 157 Å². The van der Waals surface area contributed by atoms with Gasteiger partial charge in [-0.2, -0.15) is 0 Å². The third-order valence-electron chi connectivity index (χ3n) is 10.0. The zero-order valence-electron chi connectivity index (χ0n) is 27.5. The predicted octanol–water partition coefficient (Wildman–Crippen LogP) is 11.8. The third kappa shape index (κ3) is 7.07. The molecule has 240 valence electrons. The fourth-order valence-corrected chi connectivity index (χ4v) is 7.64. The van der Waals surface area contributed by atoms with Gasteiger partial charge in [-0.25, -0.2) is 0 Å². The highest BCUT2D eigenvalue weighted by Crippen LogP contribution is 2.45. The van der Waals surface area contributed by atoms with Gasteiger partial charge >= 0.3 is 0 Å². The molecule has 0 spiro atoms. The summed E-state index contributed by atoms with van der Waals surface area (Å²) in [6, 6.07) is 13.1. The maximum absolute atomic E-state index is 12.4. The molecule has 0 N–H and O–H groups in total. The average Bonchev–Trinajstić information content (AvgIpc) is 3.09. The molecule has 0 heterocycles. The summed E-state index contributed by atoms with van der Waals surface area (Å²) < 4.78 is 0. The van der Waals surface area contributed by atoms with Crippen molar-refractivity contribution in [2.24, 2.45) is 0 Å². The molecule has 4 nitrogen and oxygen atoms in total. The molecule has 0 aromatic heterocycles. The Hall–Kier alpha value is -3.92. The Morgan fingerprint density at radius 3 is 1.24 bits per heavy atom. The van der Waals surface area contributed by atoms with Crippen molar-refractivity contribution in [3.8, 4) is 0 Å². The first kappa shape index (κ1) is 33.4. The normalized spacial score (nSPS) is 11.7. The second-order valence-electron chi connectivity index (χ2n) is 13.1. The van der Waals surface area contributed by atoms with Gasteiger partial charge in [-0.05, 0) is 56.8 Å². The Kier molecular flexibility index (Phi) is 12.1. The van der Waals surface area contributed by atoms with Gasteiger partial charge < -0.3 is 0 Å². The number of benzene rings is 5. The number of carbonyl (C=O) groups is 4. The number of hydrogen-bond donors (Lipinski definition) is 0. The molecular formula is C42H48O4. The lowest BCUT2D eigenvalue weighted by Gasteiger charge is -2.20. The molecule has 0 bridgehead atoms. The minimum atomic E-state index is 0.482. The van der Waals surface area contributed by atoms with Crippen LogP contribution in [-0.2, 0) is 6.42 Å². The highest BCUT2D eigenvalue weighted by atomic mass is 16.1. The van der Waals surface area contributed by atoms with Crippen molar-refractivity contribution in [3.63, 3.8) is 0 Å². The number of unbranched alkanes of at least 4 members (excludes halogenated alkanes) is 15. The van der Waals surface area contributed by atoms with Crippen molar-refractivity contribution in [3.05, 3.63) is 70.3 Å². The smallest absolute Gasteiger partial charge is 0.150 e. The second kappa shape index (κ2) is 16.6. The van der Waals surface area contributed by atoms with E-state index in [1.807, 2.05) is 24.3 Å². The molecule has 5 aromatic rings. The van der Waals surface area contributed by atoms with E-state index < -0.39 is 0 Å². The molecule has 0 amide bonds. The van der Waals surface area contributed by atoms with Gasteiger partial charge in [-0.3, -0.25) is 19.2 Å². The van der Waals surface area contributed by atoms with Gasteiger partial charge in [-0.1, -0.05) is 140 Å². The largest absolute Gasteiger partial charge is 0.298 e. The minimum Gasteiger partial charge on any atom is -0.298 e. The molecule has 5 rings (SSSR count). The molecular weight excluding hydrogens is 568 g/mol. The van der Waals surface area contributed by atoms with Gasteiger partial charge in [0.1, 0.15) is 0 Å². The molecule has 0 unspecified atom stereocenters. The van der Waals surface area contributed by atoms with Crippen molar-refractivity contribution in [2.75, 3.05) is 0 Å². The van der Waals surface area contributed by atoms with E-state index >= 15 is 0 Å². The van der Waals surface area contributed by atoms with E-state index in [0.29, 0.717) is 33.0 Å². The third-order valence-corrected chi connectivity index (χ3v) is 10.0. The number of aryl methyl sites for hydroxylation is 1. The quantitative estimate of drug-likeness (QED) is 0.0356. The molecule has 0 aliphatic rings. The van der Waals surface area contributed by atoms with E-state index in [0.717, 1.165) is 82.3 Å². The predicted molar refractivity (Wildman–Crippen MR) is 192 cm³/mol. The van der Waals surface area contributed by atoms with Crippen LogP contribution in [0.4, 0.5) is 0 Å². The van der Waals surface area contributed by atoms with Crippen molar-refractivity contribution in [1.29, 1.82) is 0 Å². The number of carbonyl (C=O) groups excluding carboxylic acids is 4. The van der Waals surface area contributed by atoms with Crippen LogP contribution in [0.15, 0.2) is 42.5 Å². The van der Waals surface area contributed by atoms with E-state index in [2.05, 4.69) is 6.92 Å². The van der Waals surface area contributed by atoms with Gasteiger partial charge in [0.15, 0.2) is 25.1 Å². The van der Waals surface area contributed by atoms with Crippen molar-refractivity contribution in [2.45, 2.75) is 116 Å². The highest BCUT2D eigenvalue weighted by molar-refractivity contribution is 6.37. The molecule has 5 aromatic carbocycles. The number of rotatable bonds is 21. The summed E-state index contributed by atoms with van der Waals surface area (Å²) >= 11 is 0. The Labute approximate surface area is 273 Å². The summed E-state index contributed by atoms with van der Waals surface area (Å²) in [5, 5.41) is 6.91. The molecule has 0 saturated heterocycles. The Morgan fingerprint density at radius 2 is 0.783 bits per heavy atom. The zero-order valence-corrected chi connectivity index (χ0v) is 27.5. The van der Waals surface area contributed by atoms with Crippen LogP contribution in [0.2, 0.25) is 0 Å². The van der Waals surface area contributed by atoms with Gasteiger partial charge in [0, 0.05) is 33.0 Å². The summed E-state index contributed by atoms with van der Waals surface area (Å²) in [7, 11) is 0. The van der Waals surface area contributed by atoms with Gasteiger partial charge in [0.05, 0.1) is 0 Å². The van der Waals surface area contributed by atoms with Crippen molar-refractivity contribution < 1.29 is 19.2 Å². The highest BCUT2D eigenvalue weighted by Gasteiger charge is 2.21. The Bertz CT molecular complexity index is 1800. The van der Waals surface area contributed by atoms with Gasteiger partial charge in [0.2, 0.25) is 0 Å². The van der Waals surface area contributed by atoms with Crippen LogP contribution in [0, 0.1) is 0 Å². The van der Waals surface area contributed by atoms with Gasteiger partial charge in [0.25, 0.3) is 0 Å². The molecule has 46 heavy (non-hydrogen) atoms. The fraction of sp³-hybridized carbons (Fsp3) is 0.429. The number of fused-ring (bicyclic) bond motifs is 2. The van der Waals surface area contributed by atoms with Crippen LogP contribution in [0.5, 0.6) is 0 Å². The summed E-state index contributed by atoms with van der Waals surface area (Å²) in [5.74, 6) is 0. The van der Waals surface area contributed by atoms with E-state index in [4.69, 9.17) is 0 Å². The van der Waals surface area contributed by atoms with Crippen LogP contribution in [0.25, 0.3) is 43.1 Å². The second-order valence-corrected chi connectivity index (χ2v) is 13.1. The Balaban J connectivity index is 1.29. The molecule has 0 aliphatic carbocycles. The first-order chi connectivity index (χ1) is 22.7. The standard InChI is InChI=1S/C42H48O4/c1-2-3-4-5-6-7-8-9-10-11-12-13-14-15-16-17-18-30-25-34(29-46)39-33(28-45)20-23-36-35-22-19-31(26-43)38-32(27-44)21-24-37(41(35)38)40(30)42(36)39/h19-29H,2-18H2,1H3. The maximum atomic E-state index is 12.4. The number of aldehydes is 4. The van der Waals surface area contributed by atoms with Crippen molar-refractivity contribution >= 4 is 68.2 Å². The van der Waals surface area contributed by atoms with E-state index in [-0.39, 0.29) is 0 Å². The van der Waals surface area contributed by atoms with E-state index in [1.165, 1.54) is 89.9 Å². The minimum absolute atomic E-state index is 0.482. The molecule has 4 heteroatoms. The summed E-state index contributed by atoms with van der Waals surface area (Å²) in [5.41, 5.74) is 3.06. The first-order valence-corrected chi connectivity index (χ1v) is 17.7. The average molecular weight is 617 g/mol. The summed E-state index contributed by atoms with van der Waals surface area (Å²) in [6.07, 6.45) is 25.1. The van der Waals surface area contributed by atoms with E-state index in [9.17, 15) is 19.2 Å². The van der Waals surface area contributed by atoms with Crippen LogP contribution in [0.3, 0.4) is 0 Å². The van der Waals surface area contributed by atoms with E-state index in [1.54, 1.807) is 18.2 Å².